The molecule has 72 valence electrons. The number of ether oxygens (including phenoxy) is 1. The maximum Gasteiger partial charge on any atom is 0.307 e. The lowest BCUT2D eigenvalue weighted by molar-refractivity contribution is -0.871. The van der Waals surface area contributed by atoms with E-state index in [1.54, 1.807) is 0 Å². The van der Waals surface area contributed by atoms with Crippen molar-refractivity contribution in [2.75, 3.05) is 34.8 Å². The van der Waals surface area contributed by atoms with Crippen LogP contribution < -0.4 is 5.73 Å². The van der Waals surface area contributed by atoms with Gasteiger partial charge in [-0.25, -0.2) is 0 Å². The van der Waals surface area contributed by atoms with Crippen molar-refractivity contribution in [3.63, 3.8) is 0 Å². The molecule has 0 spiro atoms. The molecule has 0 radical (unpaired) electrons. The van der Waals surface area contributed by atoms with E-state index in [2.05, 4.69) is 4.74 Å². The Hall–Kier alpha value is -0.610. The van der Waals surface area contributed by atoms with Crippen molar-refractivity contribution in [1.29, 1.82) is 0 Å². The first-order valence-electron chi connectivity index (χ1n) is 3.98. The average molecular weight is 175 g/mol. The highest BCUT2D eigenvalue weighted by molar-refractivity contribution is 5.69. The first-order valence-corrected chi connectivity index (χ1v) is 3.98. The SMILES string of the molecule is COC(=O)C[C@@H](N)C[N+](C)(C)C. The number of likely N-dealkylation sites (N-methyl/N-ethyl adjacent to an activating group) is 1. The maximum atomic E-state index is 10.8. The van der Waals surface area contributed by atoms with Gasteiger partial charge >= 0.3 is 5.97 Å². The van der Waals surface area contributed by atoms with Gasteiger partial charge in [-0.1, -0.05) is 0 Å². The predicted molar refractivity (Wildman–Crippen MR) is 47.5 cm³/mol. The summed E-state index contributed by atoms with van der Waals surface area (Å²) < 4.78 is 5.27. The third-order valence-electron chi connectivity index (χ3n) is 1.44. The lowest BCUT2D eigenvalue weighted by atomic mass is 10.2. The number of carbonyl (C=O) groups is 1. The fraction of sp³-hybridized carbons (Fsp3) is 0.875. The van der Waals surface area contributed by atoms with Gasteiger partial charge in [-0.3, -0.25) is 4.79 Å². The van der Waals surface area contributed by atoms with Gasteiger partial charge in [-0.15, -0.1) is 0 Å². The third kappa shape index (κ3) is 6.12. The van der Waals surface area contributed by atoms with Crippen molar-refractivity contribution in [2.45, 2.75) is 12.5 Å². The summed E-state index contributed by atoms with van der Waals surface area (Å²) in [5.74, 6) is -0.240. The summed E-state index contributed by atoms with van der Waals surface area (Å²) in [7, 11) is 7.49. The third-order valence-corrected chi connectivity index (χ3v) is 1.44. The van der Waals surface area contributed by atoms with Crippen LogP contribution in [0.4, 0.5) is 0 Å². The molecule has 1 atom stereocenters. The Morgan fingerprint density at radius 2 is 2.00 bits per heavy atom. The number of nitrogens with zero attached hydrogens (tertiary/aromatic N) is 1. The monoisotopic (exact) mass is 175 g/mol. The molecule has 12 heavy (non-hydrogen) atoms. The van der Waals surface area contributed by atoms with Crippen molar-refractivity contribution in [1.82, 2.24) is 0 Å². The molecular formula is C8H19N2O2+. The largest absolute Gasteiger partial charge is 0.469 e. The van der Waals surface area contributed by atoms with Gasteiger partial charge in [0.25, 0.3) is 0 Å². The molecule has 0 fully saturated rings. The van der Waals surface area contributed by atoms with Crippen LogP contribution in [-0.2, 0) is 9.53 Å². The van der Waals surface area contributed by atoms with Crippen LogP contribution in [0.2, 0.25) is 0 Å². The lowest BCUT2D eigenvalue weighted by Gasteiger charge is -2.26. The second-order valence-corrected chi connectivity index (χ2v) is 4.01. The Kier molecular flexibility index (Phi) is 4.20. The molecular weight excluding hydrogens is 156 g/mol. The topological polar surface area (TPSA) is 52.3 Å². The fourth-order valence-corrected chi connectivity index (χ4v) is 1.07. The number of hydrogen-bond acceptors (Lipinski definition) is 3. The molecule has 0 aromatic rings. The van der Waals surface area contributed by atoms with E-state index in [1.165, 1.54) is 7.11 Å². The summed E-state index contributed by atoms with van der Waals surface area (Å²) in [5, 5.41) is 0. The van der Waals surface area contributed by atoms with E-state index in [0.29, 0.717) is 6.42 Å². The van der Waals surface area contributed by atoms with Crippen LogP contribution in [0.3, 0.4) is 0 Å². The van der Waals surface area contributed by atoms with E-state index in [9.17, 15) is 4.79 Å². The van der Waals surface area contributed by atoms with E-state index in [1.807, 2.05) is 21.1 Å². The zero-order chi connectivity index (χ0) is 9.78. The van der Waals surface area contributed by atoms with Gasteiger partial charge in [0.05, 0.1) is 47.3 Å². The van der Waals surface area contributed by atoms with Crippen LogP contribution in [0.1, 0.15) is 6.42 Å². The van der Waals surface area contributed by atoms with E-state index < -0.39 is 0 Å². The summed E-state index contributed by atoms with van der Waals surface area (Å²) in [5.41, 5.74) is 5.72. The molecule has 0 aliphatic rings. The van der Waals surface area contributed by atoms with Gasteiger partial charge < -0.3 is 15.0 Å². The second-order valence-electron chi connectivity index (χ2n) is 4.01. The van der Waals surface area contributed by atoms with Gasteiger partial charge in [0.1, 0.15) is 0 Å². The first-order chi connectivity index (χ1) is 5.35. The number of methoxy groups -OCH3 is 1. The Morgan fingerprint density at radius 1 is 1.50 bits per heavy atom. The Bertz CT molecular complexity index is 152. The minimum atomic E-state index is -0.240. The summed E-state index contributed by atoms with van der Waals surface area (Å²) in [6.45, 7) is 0.773. The Balaban J connectivity index is 3.74. The molecule has 4 heteroatoms. The highest BCUT2D eigenvalue weighted by Crippen LogP contribution is 1.97. The predicted octanol–water partition coefficient (Wildman–Crippen LogP) is -0.417. The van der Waals surface area contributed by atoms with E-state index in [0.717, 1.165) is 11.0 Å². The number of esters is 1. The van der Waals surface area contributed by atoms with Crippen molar-refractivity contribution < 1.29 is 14.0 Å². The Labute approximate surface area is 73.9 Å². The number of rotatable bonds is 4. The molecule has 0 heterocycles. The van der Waals surface area contributed by atoms with Crippen molar-refractivity contribution in [3.05, 3.63) is 0 Å². The van der Waals surface area contributed by atoms with Gasteiger partial charge in [-0.05, 0) is 0 Å². The number of nitrogens with two attached hydrogens (primary N) is 1. The fourth-order valence-electron chi connectivity index (χ4n) is 1.07. The molecule has 0 aromatic heterocycles. The summed E-state index contributed by atoms with van der Waals surface area (Å²) in [6, 6.07) is -0.113. The molecule has 2 N–H and O–H groups in total. The molecule has 0 bridgehead atoms. The highest BCUT2D eigenvalue weighted by atomic mass is 16.5. The highest BCUT2D eigenvalue weighted by Gasteiger charge is 2.17. The standard InChI is InChI=1S/C8H19N2O2/c1-10(2,3)6-7(9)5-8(11)12-4/h7H,5-6,9H2,1-4H3/q+1/t7-/m1/s1. The van der Waals surface area contributed by atoms with Crippen molar-refractivity contribution in [2.24, 2.45) is 5.73 Å². The van der Waals surface area contributed by atoms with E-state index >= 15 is 0 Å². The maximum absolute atomic E-state index is 10.8. The van der Waals surface area contributed by atoms with Gasteiger partial charge in [-0.2, -0.15) is 0 Å². The quantitative estimate of drug-likeness (QED) is 0.466. The van der Waals surface area contributed by atoms with Crippen molar-refractivity contribution in [3.8, 4) is 0 Å². The van der Waals surface area contributed by atoms with E-state index in [-0.39, 0.29) is 12.0 Å². The minimum absolute atomic E-state index is 0.113. The summed E-state index contributed by atoms with van der Waals surface area (Å²) in [6.07, 6.45) is 0.298. The molecule has 0 amide bonds. The van der Waals surface area contributed by atoms with E-state index in [4.69, 9.17) is 5.73 Å². The molecule has 4 nitrogen and oxygen atoms in total. The molecule has 0 unspecified atom stereocenters. The smallest absolute Gasteiger partial charge is 0.307 e. The van der Waals surface area contributed by atoms with Crippen LogP contribution in [0.25, 0.3) is 0 Å². The Morgan fingerprint density at radius 3 is 2.33 bits per heavy atom. The number of hydrogen-bond donors (Lipinski definition) is 1. The van der Waals surface area contributed by atoms with Crippen LogP contribution in [0, 0.1) is 0 Å². The van der Waals surface area contributed by atoms with Crippen LogP contribution in [-0.4, -0.2) is 51.3 Å². The van der Waals surface area contributed by atoms with Crippen LogP contribution in [0.15, 0.2) is 0 Å². The molecule has 0 saturated carbocycles. The van der Waals surface area contributed by atoms with Gasteiger partial charge in [0.15, 0.2) is 0 Å². The molecule has 0 aromatic carbocycles. The lowest BCUT2D eigenvalue weighted by Crippen LogP contribution is -2.45. The van der Waals surface area contributed by atoms with Crippen LogP contribution in [0.5, 0.6) is 0 Å². The zero-order valence-corrected chi connectivity index (χ0v) is 8.33. The normalized spacial score (nSPS) is 14.1. The molecule has 0 aliphatic carbocycles. The van der Waals surface area contributed by atoms with Crippen LogP contribution >= 0.6 is 0 Å². The summed E-state index contributed by atoms with van der Waals surface area (Å²) >= 11 is 0. The average Bonchev–Trinajstić information content (AvgIpc) is 1.82. The zero-order valence-electron chi connectivity index (χ0n) is 8.33. The molecule has 0 aliphatic heterocycles. The van der Waals surface area contributed by atoms with Crippen molar-refractivity contribution >= 4 is 5.97 Å². The molecule has 0 rings (SSSR count). The second kappa shape index (κ2) is 4.42. The summed E-state index contributed by atoms with van der Waals surface area (Å²) in [4.78, 5) is 10.8. The number of carbonyl (C=O) groups excluding carboxylic acids is 1. The van der Waals surface area contributed by atoms with Gasteiger partial charge in [0, 0.05) is 0 Å². The first kappa shape index (κ1) is 11.4. The van der Waals surface area contributed by atoms with Gasteiger partial charge in [0.2, 0.25) is 0 Å². The number of quaternary nitrogens is 1. The minimum Gasteiger partial charge on any atom is -0.469 e. The molecule has 0 saturated heterocycles.